The minimum Gasteiger partial charge on any atom is -0.457 e. The standard InChI is InChI=1S/C18H24N2O/c1-4-10-19-13-15-12-16(9-11-20-15)21-18-8-6-5-7-17(18)14(2)3/h5-9,11-12,14,19H,4,10,13H2,1-3H3. The molecule has 0 aliphatic carbocycles. The van der Waals surface area contributed by atoms with Crippen molar-refractivity contribution in [2.75, 3.05) is 6.54 Å². The first-order valence-corrected chi connectivity index (χ1v) is 7.63. The summed E-state index contributed by atoms with van der Waals surface area (Å²) in [5.74, 6) is 2.20. The molecule has 0 fully saturated rings. The van der Waals surface area contributed by atoms with Crippen molar-refractivity contribution in [1.82, 2.24) is 10.3 Å². The zero-order valence-electron chi connectivity index (χ0n) is 13.1. The minimum absolute atomic E-state index is 0.439. The number of pyridine rings is 1. The number of ether oxygens (including phenoxy) is 1. The summed E-state index contributed by atoms with van der Waals surface area (Å²) in [6, 6.07) is 12.1. The number of aromatic nitrogens is 1. The molecular formula is C18H24N2O. The van der Waals surface area contributed by atoms with Gasteiger partial charge in [-0.2, -0.15) is 0 Å². The predicted octanol–water partition coefficient (Wildman–Crippen LogP) is 4.50. The van der Waals surface area contributed by atoms with Gasteiger partial charge in [-0.1, -0.05) is 39.0 Å². The van der Waals surface area contributed by atoms with E-state index in [2.05, 4.69) is 43.2 Å². The third-order valence-corrected chi connectivity index (χ3v) is 3.29. The molecule has 0 unspecified atom stereocenters. The summed E-state index contributed by atoms with van der Waals surface area (Å²) in [5, 5.41) is 3.35. The van der Waals surface area contributed by atoms with E-state index < -0.39 is 0 Å². The topological polar surface area (TPSA) is 34.1 Å². The van der Waals surface area contributed by atoms with Crippen LogP contribution in [-0.2, 0) is 6.54 Å². The van der Waals surface area contributed by atoms with Crippen LogP contribution in [0, 0.1) is 0 Å². The number of benzene rings is 1. The van der Waals surface area contributed by atoms with Crippen molar-refractivity contribution >= 4 is 0 Å². The molecule has 2 rings (SSSR count). The fourth-order valence-corrected chi connectivity index (χ4v) is 2.19. The molecule has 0 atom stereocenters. The Balaban J connectivity index is 2.11. The quantitative estimate of drug-likeness (QED) is 0.760. The van der Waals surface area contributed by atoms with Crippen molar-refractivity contribution in [3.8, 4) is 11.5 Å². The molecule has 21 heavy (non-hydrogen) atoms. The van der Waals surface area contributed by atoms with Gasteiger partial charge in [-0.15, -0.1) is 0 Å². The first-order chi connectivity index (χ1) is 10.2. The smallest absolute Gasteiger partial charge is 0.130 e. The number of nitrogens with zero attached hydrogens (tertiary/aromatic N) is 1. The third-order valence-electron chi connectivity index (χ3n) is 3.29. The van der Waals surface area contributed by atoms with E-state index in [1.807, 2.05) is 24.3 Å². The van der Waals surface area contributed by atoms with Gasteiger partial charge in [-0.3, -0.25) is 4.98 Å². The van der Waals surface area contributed by atoms with Gasteiger partial charge in [0, 0.05) is 18.8 Å². The molecule has 3 nitrogen and oxygen atoms in total. The van der Waals surface area contributed by atoms with Gasteiger partial charge < -0.3 is 10.1 Å². The molecule has 0 amide bonds. The van der Waals surface area contributed by atoms with Crippen LogP contribution >= 0.6 is 0 Å². The minimum atomic E-state index is 0.439. The van der Waals surface area contributed by atoms with E-state index in [0.29, 0.717) is 5.92 Å². The Kier molecular flexibility index (Phi) is 5.76. The lowest BCUT2D eigenvalue weighted by molar-refractivity contribution is 0.471. The third kappa shape index (κ3) is 4.57. The second kappa shape index (κ2) is 7.79. The van der Waals surface area contributed by atoms with Crippen LogP contribution in [0.15, 0.2) is 42.6 Å². The van der Waals surface area contributed by atoms with Crippen LogP contribution in [0.25, 0.3) is 0 Å². The normalized spacial score (nSPS) is 10.9. The Hall–Kier alpha value is -1.87. The van der Waals surface area contributed by atoms with Gasteiger partial charge in [0.2, 0.25) is 0 Å². The van der Waals surface area contributed by atoms with Crippen LogP contribution in [0.2, 0.25) is 0 Å². The van der Waals surface area contributed by atoms with Gasteiger partial charge >= 0.3 is 0 Å². The zero-order chi connectivity index (χ0) is 15.1. The number of hydrogen-bond acceptors (Lipinski definition) is 3. The lowest BCUT2D eigenvalue weighted by Crippen LogP contribution is -2.14. The first kappa shape index (κ1) is 15.5. The van der Waals surface area contributed by atoms with Crippen molar-refractivity contribution in [1.29, 1.82) is 0 Å². The number of para-hydroxylation sites is 1. The highest BCUT2D eigenvalue weighted by Gasteiger charge is 2.08. The van der Waals surface area contributed by atoms with Crippen LogP contribution < -0.4 is 10.1 Å². The fraction of sp³-hybridized carbons (Fsp3) is 0.389. The molecule has 1 aromatic heterocycles. The molecule has 0 bridgehead atoms. The van der Waals surface area contributed by atoms with Crippen molar-refractivity contribution in [2.24, 2.45) is 0 Å². The predicted molar refractivity (Wildman–Crippen MR) is 86.8 cm³/mol. The van der Waals surface area contributed by atoms with Gasteiger partial charge in [0.1, 0.15) is 11.5 Å². The van der Waals surface area contributed by atoms with Crippen molar-refractivity contribution < 1.29 is 4.74 Å². The summed E-state index contributed by atoms with van der Waals surface area (Å²) in [7, 11) is 0. The van der Waals surface area contributed by atoms with E-state index in [1.54, 1.807) is 6.20 Å². The van der Waals surface area contributed by atoms with Gasteiger partial charge in [0.25, 0.3) is 0 Å². The molecule has 112 valence electrons. The summed E-state index contributed by atoms with van der Waals surface area (Å²) in [6.45, 7) is 8.28. The molecule has 0 aliphatic heterocycles. The van der Waals surface area contributed by atoms with E-state index in [4.69, 9.17) is 4.74 Å². The largest absolute Gasteiger partial charge is 0.457 e. The first-order valence-electron chi connectivity index (χ1n) is 7.63. The molecule has 1 aromatic carbocycles. The van der Waals surface area contributed by atoms with Crippen LogP contribution in [0.1, 0.15) is 44.4 Å². The Labute approximate surface area is 127 Å². The highest BCUT2D eigenvalue weighted by molar-refractivity contribution is 5.39. The summed E-state index contributed by atoms with van der Waals surface area (Å²) in [4.78, 5) is 4.37. The molecule has 1 N–H and O–H groups in total. The SMILES string of the molecule is CCCNCc1cc(Oc2ccccc2C(C)C)ccn1. The maximum Gasteiger partial charge on any atom is 0.130 e. The fourth-order valence-electron chi connectivity index (χ4n) is 2.19. The van der Waals surface area contributed by atoms with Crippen LogP contribution in [0.5, 0.6) is 11.5 Å². The lowest BCUT2D eigenvalue weighted by Gasteiger charge is -2.14. The van der Waals surface area contributed by atoms with Crippen molar-refractivity contribution in [2.45, 2.75) is 39.7 Å². The van der Waals surface area contributed by atoms with Crippen LogP contribution in [0.4, 0.5) is 0 Å². The van der Waals surface area contributed by atoms with Crippen molar-refractivity contribution in [3.05, 3.63) is 53.9 Å². The molecule has 0 spiro atoms. The van der Waals surface area contributed by atoms with Gasteiger partial charge in [-0.05, 0) is 36.6 Å². The summed E-state index contributed by atoms with van der Waals surface area (Å²) in [5.41, 5.74) is 2.22. The van der Waals surface area contributed by atoms with Gasteiger partial charge in [0.15, 0.2) is 0 Å². The second-order valence-electron chi connectivity index (χ2n) is 5.45. The van der Waals surface area contributed by atoms with Gasteiger partial charge in [-0.25, -0.2) is 0 Å². The average molecular weight is 284 g/mol. The Morgan fingerprint density at radius 1 is 1.19 bits per heavy atom. The van der Waals surface area contributed by atoms with E-state index in [9.17, 15) is 0 Å². The highest BCUT2D eigenvalue weighted by atomic mass is 16.5. The summed E-state index contributed by atoms with van der Waals surface area (Å²) in [6.07, 6.45) is 2.92. The molecule has 1 heterocycles. The maximum atomic E-state index is 6.05. The van der Waals surface area contributed by atoms with E-state index in [0.717, 1.165) is 36.7 Å². The van der Waals surface area contributed by atoms with Gasteiger partial charge in [0.05, 0.1) is 5.69 Å². The average Bonchev–Trinajstić information content (AvgIpc) is 2.48. The highest BCUT2D eigenvalue weighted by Crippen LogP contribution is 2.30. The summed E-state index contributed by atoms with van der Waals surface area (Å²) < 4.78 is 6.05. The van der Waals surface area contributed by atoms with E-state index in [-0.39, 0.29) is 0 Å². The molecule has 0 saturated carbocycles. The van der Waals surface area contributed by atoms with E-state index in [1.165, 1.54) is 5.56 Å². The molecule has 0 saturated heterocycles. The van der Waals surface area contributed by atoms with E-state index >= 15 is 0 Å². The maximum absolute atomic E-state index is 6.05. The lowest BCUT2D eigenvalue weighted by atomic mass is 10.0. The Bertz CT molecular complexity index is 567. The molecule has 3 heteroatoms. The molecular weight excluding hydrogens is 260 g/mol. The summed E-state index contributed by atoms with van der Waals surface area (Å²) >= 11 is 0. The monoisotopic (exact) mass is 284 g/mol. The van der Waals surface area contributed by atoms with Crippen LogP contribution in [-0.4, -0.2) is 11.5 Å². The number of rotatable bonds is 7. The number of nitrogens with one attached hydrogen (secondary N) is 1. The van der Waals surface area contributed by atoms with Crippen LogP contribution in [0.3, 0.4) is 0 Å². The molecule has 2 aromatic rings. The zero-order valence-corrected chi connectivity index (χ0v) is 13.1. The molecule has 0 aliphatic rings. The Morgan fingerprint density at radius 2 is 2.00 bits per heavy atom. The molecule has 0 radical (unpaired) electrons. The number of hydrogen-bond donors (Lipinski definition) is 1. The van der Waals surface area contributed by atoms with Crippen molar-refractivity contribution in [3.63, 3.8) is 0 Å². The second-order valence-corrected chi connectivity index (χ2v) is 5.45. The Morgan fingerprint density at radius 3 is 2.76 bits per heavy atom.